The van der Waals surface area contributed by atoms with Crippen molar-refractivity contribution < 1.29 is 22.6 Å². The lowest BCUT2D eigenvalue weighted by Gasteiger charge is -2.21. The van der Waals surface area contributed by atoms with Crippen LogP contribution >= 0.6 is 0 Å². The minimum atomic E-state index is -4.19. The molecule has 0 aromatic heterocycles. The second-order valence-corrected chi connectivity index (χ2v) is 4.85. The number of benzene rings is 1. The molecular formula is C14H18F3NO2. The van der Waals surface area contributed by atoms with Crippen LogP contribution in [-0.4, -0.2) is 25.4 Å². The van der Waals surface area contributed by atoms with Crippen LogP contribution in [-0.2, 0) is 6.54 Å². The van der Waals surface area contributed by atoms with E-state index >= 15 is 0 Å². The van der Waals surface area contributed by atoms with Crippen LogP contribution in [0.1, 0.15) is 25.3 Å². The molecule has 0 atom stereocenters. The number of nitrogens with one attached hydrogen (secondary N) is 1. The molecule has 1 saturated carbocycles. The van der Waals surface area contributed by atoms with Crippen LogP contribution in [0.5, 0.6) is 11.5 Å². The van der Waals surface area contributed by atoms with Crippen LogP contribution in [0.25, 0.3) is 0 Å². The predicted molar refractivity (Wildman–Crippen MR) is 69.0 cm³/mol. The molecule has 0 aliphatic heterocycles. The summed E-state index contributed by atoms with van der Waals surface area (Å²) in [6.07, 6.45) is -3.91. The van der Waals surface area contributed by atoms with Crippen LogP contribution in [0, 0.1) is 0 Å². The molecule has 1 N–H and O–H groups in total. The average Bonchev–Trinajstić information content (AvgIpc) is 3.18. The molecule has 0 amide bonds. The largest absolute Gasteiger partial charge is 0.493 e. The number of rotatable bonds is 6. The zero-order chi connectivity index (χ0) is 14.8. The van der Waals surface area contributed by atoms with Crippen LogP contribution in [0.4, 0.5) is 13.2 Å². The van der Waals surface area contributed by atoms with Gasteiger partial charge in [-0.25, -0.2) is 0 Å². The van der Waals surface area contributed by atoms with Crippen molar-refractivity contribution in [2.45, 2.75) is 38.0 Å². The zero-order valence-corrected chi connectivity index (χ0v) is 11.5. The normalized spacial score (nSPS) is 16.9. The summed E-state index contributed by atoms with van der Waals surface area (Å²) in [5, 5.41) is 2.61. The maximum Gasteiger partial charge on any atom is 0.406 e. The standard InChI is InChI=1S/C14H18F3NO2/c1-3-20-11-5-4-10(8-12(11)19-2)9-18-13(6-7-13)14(15,16)17/h4-5,8,18H,3,6-7,9H2,1-2H3. The van der Waals surface area contributed by atoms with E-state index in [4.69, 9.17) is 9.47 Å². The van der Waals surface area contributed by atoms with E-state index in [1.165, 1.54) is 7.11 Å². The number of ether oxygens (including phenoxy) is 2. The molecule has 2 rings (SSSR count). The number of halogens is 3. The first kappa shape index (κ1) is 15.0. The van der Waals surface area contributed by atoms with Crippen LogP contribution < -0.4 is 14.8 Å². The van der Waals surface area contributed by atoms with Gasteiger partial charge in [-0.1, -0.05) is 6.07 Å². The first-order valence-electron chi connectivity index (χ1n) is 6.53. The lowest BCUT2D eigenvalue weighted by atomic mass is 10.1. The van der Waals surface area contributed by atoms with Gasteiger partial charge in [0, 0.05) is 6.54 Å². The Morgan fingerprint density at radius 1 is 1.25 bits per heavy atom. The molecular weight excluding hydrogens is 271 g/mol. The summed E-state index contributed by atoms with van der Waals surface area (Å²) in [6.45, 7) is 2.52. The molecule has 1 aliphatic rings. The molecule has 0 heterocycles. The first-order chi connectivity index (χ1) is 9.42. The molecule has 20 heavy (non-hydrogen) atoms. The Morgan fingerprint density at radius 3 is 2.45 bits per heavy atom. The van der Waals surface area contributed by atoms with Crippen LogP contribution in [0.3, 0.4) is 0 Å². The molecule has 0 unspecified atom stereocenters. The predicted octanol–water partition coefficient (Wildman–Crippen LogP) is 3.28. The van der Waals surface area contributed by atoms with Crippen LogP contribution in [0.15, 0.2) is 18.2 Å². The summed E-state index contributed by atoms with van der Waals surface area (Å²) in [6, 6.07) is 5.16. The van der Waals surface area contributed by atoms with Crippen molar-refractivity contribution in [1.29, 1.82) is 0 Å². The topological polar surface area (TPSA) is 30.5 Å². The summed E-state index contributed by atoms with van der Waals surface area (Å²) in [7, 11) is 1.51. The lowest BCUT2D eigenvalue weighted by Crippen LogP contribution is -2.44. The van der Waals surface area contributed by atoms with Gasteiger partial charge in [-0.05, 0) is 37.5 Å². The second kappa shape index (κ2) is 5.52. The molecule has 0 radical (unpaired) electrons. The van der Waals surface area contributed by atoms with Crippen molar-refractivity contribution in [3.05, 3.63) is 23.8 Å². The summed E-state index contributed by atoms with van der Waals surface area (Å²) in [5.41, 5.74) is -0.959. The molecule has 0 spiro atoms. The van der Waals surface area contributed by atoms with E-state index in [9.17, 15) is 13.2 Å². The maximum atomic E-state index is 12.8. The number of hydrogen-bond acceptors (Lipinski definition) is 3. The van der Waals surface area contributed by atoms with Crippen molar-refractivity contribution in [1.82, 2.24) is 5.32 Å². The minimum absolute atomic E-state index is 0.144. The van der Waals surface area contributed by atoms with Crippen molar-refractivity contribution in [3.63, 3.8) is 0 Å². The highest BCUT2D eigenvalue weighted by Crippen LogP contribution is 2.49. The molecule has 1 aromatic rings. The Labute approximate surface area is 116 Å². The smallest absolute Gasteiger partial charge is 0.406 e. The Kier molecular flexibility index (Phi) is 4.13. The first-order valence-corrected chi connectivity index (χ1v) is 6.53. The van der Waals surface area contributed by atoms with Gasteiger partial charge in [0.25, 0.3) is 0 Å². The van der Waals surface area contributed by atoms with E-state index in [-0.39, 0.29) is 19.4 Å². The van der Waals surface area contributed by atoms with E-state index in [1.54, 1.807) is 18.2 Å². The molecule has 3 nitrogen and oxygen atoms in total. The zero-order valence-electron chi connectivity index (χ0n) is 11.5. The molecule has 112 valence electrons. The van der Waals surface area contributed by atoms with Gasteiger partial charge in [0.1, 0.15) is 5.54 Å². The Bertz CT molecular complexity index is 470. The van der Waals surface area contributed by atoms with E-state index in [2.05, 4.69) is 5.32 Å². The van der Waals surface area contributed by atoms with Crippen molar-refractivity contribution in [3.8, 4) is 11.5 Å². The molecule has 0 saturated heterocycles. The van der Waals surface area contributed by atoms with E-state index in [0.29, 0.717) is 18.1 Å². The molecule has 6 heteroatoms. The van der Waals surface area contributed by atoms with Crippen molar-refractivity contribution in [2.75, 3.05) is 13.7 Å². The summed E-state index contributed by atoms with van der Waals surface area (Å²) < 4.78 is 49.0. The van der Waals surface area contributed by atoms with Gasteiger partial charge >= 0.3 is 6.18 Å². The lowest BCUT2D eigenvalue weighted by molar-refractivity contribution is -0.166. The van der Waals surface area contributed by atoms with Gasteiger partial charge in [-0.2, -0.15) is 13.2 Å². The Morgan fingerprint density at radius 2 is 1.95 bits per heavy atom. The Balaban J connectivity index is 2.04. The number of alkyl halides is 3. The van der Waals surface area contributed by atoms with Gasteiger partial charge in [0.2, 0.25) is 0 Å². The summed E-state index contributed by atoms with van der Waals surface area (Å²) in [4.78, 5) is 0. The third-order valence-electron chi connectivity index (χ3n) is 3.45. The quantitative estimate of drug-likeness (QED) is 0.872. The fourth-order valence-electron chi connectivity index (χ4n) is 2.05. The third-order valence-corrected chi connectivity index (χ3v) is 3.45. The van der Waals surface area contributed by atoms with Gasteiger partial charge < -0.3 is 9.47 Å². The highest BCUT2D eigenvalue weighted by atomic mass is 19.4. The van der Waals surface area contributed by atoms with Gasteiger partial charge in [-0.15, -0.1) is 0 Å². The molecule has 1 aromatic carbocycles. The van der Waals surface area contributed by atoms with Gasteiger partial charge in [0.05, 0.1) is 13.7 Å². The van der Waals surface area contributed by atoms with Crippen molar-refractivity contribution >= 4 is 0 Å². The third kappa shape index (κ3) is 3.00. The summed E-state index contributed by atoms with van der Waals surface area (Å²) >= 11 is 0. The molecule has 0 bridgehead atoms. The Hall–Kier alpha value is -1.43. The average molecular weight is 289 g/mol. The SMILES string of the molecule is CCOc1ccc(CNC2(C(F)(F)F)CC2)cc1OC. The second-order valence-electron chi connectivity index (χ2n) is 4.85. The molecule has 1 aliphatic carbocycles. The van der Waals surface area contributed by atoms with Gasteiger partial charge in [-0.3, -0.25) is 5.32 Å². The van der Waals surface area contributed by atoms with Crippen LogP contribution in [0.2, 0.25) is 0 Å². The molecule has 1 fully saturated rings. The van der Waals surface area contributed by atoms with E-state index < -0.39 is 11.7 Å². The maximum absolute atomic E-state index is 12.8. The summed E-state index contributed by atoms with van der Waals surface area (Å²) in [5.74, 6) is 1.12. The fraction of sp³-hybridized carbons (Fsp3) is 0.571. The van der Waals surface area contributed by atoms with Gasteiger partial charge in [0.15, 0.2) is 11.5 Å². The van der Waals surface area contributed by atoms with Crippen molar-refractivity contribution in [2.24, 2.45) is 0 Å². The monoisotopic (exact) mass is 289 g/mol. The van der Waals surface area contributed by atoms with E-state index in [0.717, 1.165) is 5.56 Å². The number of methoxy groups -OCH3 is 1. The minimum Gasteiger partial charge on any atom is -0.493 e. The highest BCUT2D eigenvalue weighted by molar-refractivity contribution is 5.43. The number of hydrogen-bond donors (Lipinski definition) is 1. The van der Waals surface area contributed by atoms with E-state index in [1.807, 2.05) is 6.92 Å². The fourth-order valence-corrected chi connectivity index (χ4v) is 2.05. The highest BCUT2D eigenvalue weighted by Gasteiger charge is 2.62.